The minimum Gasteiger partial charge on any atom is -0.496 e. The Kier molecular flexibility index (Phi) is 4.20. The normalized spacial score (nSPS) is 18.8. The summed E-state index contributed by atoms with van der Waals surface area (Å²) >= 11 is 0. The first-order chi connectivity index (χ1) is 8.69. The van der Waals surface area contributed by atoms with Gasteiger partial charge in [-0.15, -0.1) is 0 Å². The van der Waals surface area contributed by atoms with Gasteiger partial charge in [-0.3, -0.25) is 4.79 Å². The Hall–Kier alpha value is -1.55. The molecule has 1 amide bonds. The van der Waals surface area contributed by atoms with Gasteiger partial charge in [0.15, 0.2) is 0 Å². The number of hydrogen-bond donors (Lipinski definition) is 2. The monoisotopic (exact) mass is 248 g/mol. The van der Waals surface area contributed by atoms with Crippen molar-refractivity contribution in [2.45, 2.75) is 32.4 Å². The number of amides is 1. The fraction of sp³-hybridized carbons (Fsp3) is 0.500. The fourth-order valence-corrected chi connectivity index (χ4v) is 2.27. The van der Waals surface area contributed by atoms with E-state index in [4.69, 9.17) is 4.74 Å². The number of ether oxygens (including phenoxy) is 1. The van der Waals surface area contributed by atoms with Crippen molar-refractivity contribution in [3.8, 4) is 5.75 Å². The quantitative estimate of drug-likeness (QED) is 0.827. The average Bonchev–Trinajstić information content (AvgIpc) is 2.75. The summed E-state index contributed by atoms with van der Waals surface area (Å²) < 4.78 is 5.23. The fourth-order valence-electron chi connectivity index (χ4n) is 2.27. The minimum atomic E-state index is 0.169. The second-order valence-electron chi connectivity index (χ2n) is 4.74. The molecule has 2 rings (SSSR count). The molecule has 1 unspecified atom stereocenters. The number of methoxy groups -OCH3 is 1. The Morgan fingerprint density at radius 1 is 1.50 bits per heavy atom. The van der Waals surface area contributed by atoms with Gasteiger partial charge in [0.1, 0.15) is 5.75 Å². The Bertz CT molecular complexity index is 432. The van der Waals surface area contributed by atoms with Crippen LogP contribution in [0.2, 0.25) is 0 Å². The maximum Gasteiger partial charge on any atom is 0.220 e. The zero-order chi connectivity index (χ0) is 13.0. The summed E-state index contributed by atoms with van der Waals surface area (Å²) in [4.78, 5) is 11.0. The molecule has 1 saturated heterocycles. The first-order valence-electron chi connectivity index (χ1n) is 6.32. The summed E-state index contributed by atoms with van der Waals surface area (Å²) in [6, 6.07) is 6.46. The van der Waals surface area contributed by atoms with Crippen LogP contribution in [-0.4, -0.2) is 25.6 Å². The van der Waals surface area contributed by atoms with E-state index in [0.29, 0.717) is 6.42 Å². The van der Waals surface area contributed by atoms with E-state index in [1.807, 2.05) is 13.0 Å². The third-order valence-electron chi connectivity index (χ3n) is 3.26. The molecule has 98 valence electrons. The summed E-state index contributed by atoms with van der Waals surface area (Å²) in [6.45, 7) is 3.69. The van der Waals surface area contributed by atoms with Crippen LogP contribution >= 0.6 is 0 Å². The minimum absolute atomic E-state index is 0.169. The lowest BCUT2D eigenvalue weighted by molar-refractivity contribution is -0.119. The van der Waals surface area contributed by atoms with Gasteiger partial charge in [0.25, 0.3) is 0 Å². The van der Waals surface area contributed by atoms with E-state index in [9.17, 15) is 4.79 Å². The van der Waals surface area contributed by atoms with E-state index in [0.717, 1.165) is 30.8 Å². The van der Waals surface area contributed by atoms with Crippen molar-refractivity contribution in [1.82, 2.24) is 10.6 Å². The molecular formula is C14H20N2O2. The molecule has 4 heteroatoms. The SMILES string of the molecule is COc1ccc(CNCC2CCC(=O)N2)cc1C. The number of rotatable bonds is 5. The van der Waals surface area contributed by atoms with Crippen LogP contribution in [0.4, 0.5) is 0 Å². The van der Waals surface area contributed by atoms with Crippen LogP contribution in [0.1, 0.15) is 24.0 Å². The second-order valence-corrected chi connectivity index (χ2v) is 4.74. The van der Waals surface area contributed by atoms with Gasteiger partial charge in [-0.2, -0.15) is 0 Å². The molecule has 1 heterocycles. The summed E-state index contributed by atoms with van der Waals surface area (Å²) in [6.07, 6.45) is 1.60. The van der Waals surface area contributed by atoms with Gasteiger partial charge in [-0.05, 0) is 30.5 Å². The van der Waals surface area contributed by atoms with Gasteiger partial charge in [0.05, 0.1) is 7.11 Å². The van der Waals surface area contributed by atoms with E-state index in [1.165, 1.54) is 5.56 Å². The maximum absolute atomic E-state index is 11.0. The highest BCUT2D eigenvalue weighted by Gasteiger charge is 2.19. The van der Waals surface area contributed by atoms with Crippen LogP contribution in [0.5, 0.6) is 5.75 Å². The van der Waals surface area contributed by atoms with E-state index in [1.54, 1.807) is 7.11 Å². The topological polar surface area (TPSA) is 50.4 Å². The largest absolute Gasteiger partial charge is 0.496 e. The Morgan fingerprint density at radius 2 is 2.33 bits per heavy atom. The Balaban J connectivity index is 1.79. The van der Waals surface area contributed by atoms with Crippen LogP contribution in [0.15, 0.2) is 18.2 Å². The van der Waals surface area contributed by atoms with Gasteiger partial charge < -0.3 is 15.4 Å². The molecule has 0 spiro atoms. The molecule has 1 aromatic carbocycles. The van der Waals surface area contributed by atoms with Crippen molar-refractivity contribution >= 4 is 5.91 Å². The molecule has 0 aromatic heterocycles. The molecule has 0 saturated carbocycles. The third-order valence-corrected chi connectivity index (χ3v) is 3.26. The lowest BCUT2D eigenvalue weighted by atomic mass is 10.1. The first kappa shape index (κ1) is 12.9. The number of aryl methyl sites for hydroxylation is 1. The number of carbonyl (C=O) groups is 1. The number of benzene rings is 1. The van der Waals surface area contributed by atoms with Gasteiger partial charge in [0, 0.05) is 25.6 Å². The highest BCUT2D eigenvalue weighted by atomic mass is 16.5. The highest BCUT2D eigenvalue weighted by molar-refractivity contribution is 5.78. The number of nitrogens with one attached hydrogen (secondary N) is 2. The summed E-state index contributed by atoms with van der Waals surface area (Å²) in [5, 5.41) is 6.32. The van der Waals surface area contributed by atoms with Crippen LogP contribution in [0, 0.1) is 6.92 Å². The van der Waals surface area contributed by atoms with Crippen LogP contribution in [0.25, 0.3) is 0 Å². The van der Waals surface area contributed by atoms with Gasteiger partial charge in [-0.1, -0.05) is 12.1 Å². The molecule has 1 aromatic rings. The van der Waals surface area contributed by atoms with E-state index in [2.05, 4.69) is 22.8 Å². The van der Waals surface area contributed by atoms with Gasteiger partial charge in [0.2, 0.25) is 5.91 Å². The van der Waals surface area contributed by atoms with Crippen molar-refractivity contribution in [2.75, 3.05) is 13.7 Å². The molecule has 1 aliphatic rings. The van der Waals surface area contributed by atoms with Crippen LogP contribution in [0.3, 0.4) is 0 Å². The Labute approximate surface area is 108 Å². The molecule has 4 nitrogen and oxygen atoms in total. The number of hydrogen-bond acceptors (Lipinski definition) is 3. The molecule has 1 atom stereocenters. The highest BCUT2D eigenvalue weighted by Crippen LogP contribution is 2.18. The second kappa shape index (κ2) is 5.87. The molecule has 1 fully saturated rings. The van der Waals surface area contributed by atoms with Crippen molar-refractivity contribution in [3.05, 3.63) is 29.3 Å². The van der Waals surface area contributed by atoms with Crippen LogP contribution in [-0.2, 0) is 11.3 Å². The van der Waals surface area contributed by atoms with E-state index in [-0.39, 0.29) is 11.9 Å². The van der Waals surface area contributed by atoms with E-state index < -0.39 is 0 Å². The molecule has 0 bridgehead atoms. The number of carbonyl (C=O) groups excluding carboxylic acids is 1. The standard InChI is InChI=1S/C14H20N2O2/c1-10-7-11(3-5-13(10)18-2)8-15-9-12-4-6-14(17)16-12/h3,5,7,12,15H,4,6,8-9H2,1-2H3,(H,16,17). The lowest BCUT2D eigenvalue weighted by Crippen LogP contribution is -2.35. The molecule has 0 radical (unpaired) electrons. The van der Waals surface area contributed by atoms with Crippen LogP contribution < -0.4 is 15.4 Å². The van der Waals surface area contributed by atoms with Crippen molar-refractivity contribution in [2.24, 2.45) is 0 Å². The third kappa shape index (κ3) is 3.23. The molecular weight excluding hydrogens is 228 g/mol. The predicted molar refractivity (Wildman–Crippen MR) is 70.6 cm³/mol. The van der Waals surface area contributed by atoms with Crippen molar-refractivity contribution in [1.29, 1.82) is 0 Å². The molecule has 1 aliphatic heterocycles. The summed E-state index contributed by atoms with van der Waals surface area (Å²) in [7, 11) is 1.68. The van der Waals surface area contributed by atoms with Gasteiger partial charge in [-0.25, -0.2) is 0 Å². The molecule has 0 aliphatic carbocycles. The van der Waals surface area contributed by atoms with Crippen molar-refractivity contribution in [3.63, 3.8) is 0 Å². The Morgan fingerprint density at radius 3 is 2.94 bits per heavy atom. The van der Waals surface area contributed by atoms with E-state index >= 15 is 0 Å². The first-order valence-corrected chi connectivity index (χ1v) is 6.32. The predicted octanol–water partition coefficient (Wildman–Crippen LogP) is 1.37. The van der Waals surface area contributed by atoms with Crippen molar-refractivity contribution < 1.29 is 9.53 Å². The van der Waals surface area contributed by atoms with Gasteiger partial charge >= 0.3 is 0 Å². The molecule has 18 heavy (non-hydrogen) atoms. The maximum atomic E-state index is 11.0. The average molecular weight is 248 g/mol. The zero-order valence-corrected chi connectivity index (χ0v) is 11.0. The lowest BCUT2D eigenvalue weighted by Gasteiger charge is -2.12. The zero-order valence-electron chi connectivity index (χ0n) is 11.0. The summed E-state index contributed by atoms with van der Waals surface area (Å²) in [5.41, 5.74) is 2.38. The summed E-state index contributed by atoms with van der Waals surface area (Å²) in [5.74, 6) is 1.09. The smallest absolute Gasteiger partial charge is 0.220 e. The molecule has 2 N–H and O–H groups in total.